The van der Waals surface area contributed by atoms with E-state index in [2.05, 4.69) is 10.3 Å². The summed E-state index contributed by atoms with van der Waals surface area (Å²) in [6.45, 7) is -1.14. The van der Waals surface area contributed by atoms with E-state index in [4.69, 9.17) is 0 Å². The van der Waals surface area contributed by atoms with E-state index in [1.165, 1.54) is 16.4 Å². The number of hydrogen-bond acceptors (Lipinski definition) is 5. The first kappa shape index (κ1) is 23.2. The van der Waals surface area contributed by atoms with Crippen molar-refractivity contribution in [3.8, 4) is 0 Å². The van der Waals surface area contributed by atoms with Gasteiger partial charge in [0.1, 0.15) is 12.1 Å². The van der Waals surface area contributed by atoms with Crippen LogP contribution in [0.5, 0.6) is 0 Å². The van der Waals surface area contributed by atoms with Crippen LogP contribution in [0.4, 0.5) is 13.2 Å². The van der Waals surface area contributed by atoms with E-state index >= 15 is 0 Å². The molecule has 0 atom stereocenters. The van der Waals surface area contributed by atoms with Crippen LogP contribution < -0.4 is 5.32 Å². The Balaban J connectivity index is 1.41. The number of halogens is 3. The SMILES string of the molecule is O=C(NCC(F)(F)F)c1ccc(CN(C2CC2)S(=O)(=O)CCn2nnc3ccccc32)cc1. The van der Waals surface area contributed by atoms with Gasteiger partial charge in [-0.25, -0.2) is 13.1 Å². The van der Waals surface area contributed by atoms with E-state index in [9.17, 15) is 26.4 Å². The smallest absolute Gasteiger partial charge is 0.343 e. The number of carbonyl (C=O) groups excluding carboxylic acids is 1. The number of carbonyl (C=O) groups is 1. The van der Waals surface area contributed by atoms with Crippen molar-refractivity contribution in [3.63, 3.8) is 0 Å². The molecule has 3 aromatic rings. The zero-order valence-electron chi connectivity index (χ0n) is 17.5. The van der Waals surface area contributed by atoms with E-state index < -0.39 is 28.7 Å². The Labute approximate surface area is 188 Å². The number of nitrogens with zero attached hydrogens (tertiary/aromatic N) is 4. The van der Waals surface area contributed by atoms with E-state index in [1.54, 1.807) is 22.9 Å². The van der Waals surface area contributed by atoms with Gasteiger partial charge in [0, 0.05) is 18.2 Å². The van der Waals surface area contributed by atoms with Crippen LogP contribution >= 0.6 is 0 Å². The predicted octanol–water partition coefficient (Wildman–Crippen LogP) is 2.72. The number of alkyl halides is 3. The summed E-state index contributed by atoms with van der Waals surface area (Å²) in [5.74, 6) is -0.986. The number of hydrogen-bond donors (Lipinski definition) is 1. The normalized spacial score (nSPS) is 14.7. The molecule has 1 aromatic heterocycles. The van der Waals surface area contributed by atoms with Crippen molar-refractivity contribution in [2.45, 2.75) is 38.1 Å². The maximum atomic E-state index is 13.1. The minimum absolute atomic E-state index is 0.0712. The van der Waals surface area contributed by atoms with Crippen molar-refractivity contribution in [2.24, 2.45) is 0 Å². The molecule has 0 aliphatic heterocycles. The monoisotopic (exact) mass is 481 g/mol. The molecule has 33 heavy (non-hydrogen) atoms. The molecule has 1 heterocycles. The fourth-order valence-electron chi connectivity index (χ4n) is 3.44. The zero-order valence-corrected chi connectivity index (χ0v) is 18.3. The van der Waals surface area contributed by atoms with Crippen LogP contribution in [-0.4, -0.2) is 58.1 Å². The molecule has 4 rings (SSSR count). The van der Waals surface area contributed by atoms with Gasteiger partial charge in [-0.3, -0.25) is 4.79 Å². The molecule has 0 unspecified atom stereocenters. The lowest BCUT2D eigenvalue weighted by molar-refractivity contribution is -0.123. The summed E-state index contributed by atoms with van der Waals surface area (Å²) < 4.78 is 66.0. The Bertz CT molecular complexity index is 1240. The Hall–Kier alpha value is -2.99. The highest BCUT2D eigenvalue weighted by atomic mass is 32.2. The van der Waals surface area contributed by atoms with Gasteiger partial charge in [0.05, 0.1) is 17.8 Å². The maximum Gasteiger partial charge on any atom is 0.405 e. The standard InChI is InChI=1S/C21H22F3N5O3S/c22-21(23,24)14-25-20(30)16-7-5-15(6-8-16)13-29(17-9-10-17)33(31,32)12-11-28-19-4-2-1-3-18(19)26-27-28/h1-8,17H,9-14H2,(H,25,30). The molecular weight excluding hydrogens is 459 g/mol. The zero-order chi connectivity index (χ0) is 23.6. The first-order valence-corrected chi connectivity index (χ1v) is 11.9. The summed E-state index contributed by atoms with van der Waals surface area (Å²) in [6, 6.07) is 13.1. The molecule has 1 fully saturated rings. The van der Waals surface area contributed by atoms with Gasteiger partial charge in [0.25, 0.3) is 5.91 Å². The number of para-hydroxylation sites is 1. The second-order valence-corrected chi connectivity index (χ2v) is 9.93. The second-order valence-electron chi connectivity index (χ2n) is 7.89. The van der Waals surface area contributed by atoms with Gasteiger partial charge in [-0.05, 0) is 42.7 Å². The number of aryl methyl sites for hydroxylation is 1. The fraction of sp³-hybridized carbons (Fsp3) is 0.381. The Morgan fingerprint density at radius 1 is 1.12 bits per heavy atom. The van der Waals surface area contributed by atoms with E-state index in [1.807, 2.05) is 23.5 Å². The maximum absolute atomic E-state index is 13.1. The van der Waals surface area contributed by atoms with E-state index in [0.717, 1.165) is 18.4 Å². The van der Waals surface area contributed by atoms with Crippen molar-refractivity contribution >= 4 is 27.0 Å². The molecule has 8 nitrogen and oxygen atoms in total. The van der Waals surface area contributed by atoms with Crippen molar-refractivity contribution < 1.29 is 26.4 Å². The lowest BCUT2D eigenvalue weighted by Crippen LogP contribution is -2.36. The van der Waals surface area contributed by atoms with Crippen LogP contribution in [0.3, 0.4) is 0 Å². The number of nitrogens with one attached hydrogen (secondary N) is 1. The number of rotatable bonds is 9. The topological polar surface area (TPSA) is 97.2 Å². The molecule has 12 heteroatoms. The molecule has 176 valence electrons. The van der Waals surface area contributed by atoms with Crippen LogP contribution in [0.1, 0.15) is 28.8 Å². The minimum Gasteiger partial charge on any atom is -0.343 e. The number of fused-ring (bicyclic) bond motifs is 1. The Morgan fingerprint density at radius 3 is 2.48 bits per heavy atom. The van der Waals surface area contributed by atoms with Gasteiger partial charge in [0.15, 0.2) is 0 Å². The molecular formula is C21H22F3N5O3S. The highest BCUT2D eigenvalue weighted by Crippen LogP contribution is 2.31. The van der Waals surface area contributed by atoms with Gasteiger partial charge < -0.3 is 5.32 Å². The van der Waals surface area contributed by atoms with Gasteiger partial charge in [-0.2, -0.15) is 17.5 Å². The van der Waals surface area contributed by atoms with E-state index in [0.29, 0.717) is 11.1 Å². The van der Waals surface area contributed by atoms with Crippen molar-refractivity contribution in [3.05, 3.63) is 59.7 Å². The summed E-state index contributed by atoms with van der Waals surface area (Å²) in [5.41, 5.74) is 2.16. The molecule has 1 N–H and O–H groups in total. The molecule has 0 radical (unpaired) electrons. The van der Waals surface area contributed by atoms with Gasteiger partial charge >= 0.3 is 6.18 Å². The summed E-state index contributed by atoms with van der Waals surface area (Å²) in [4.78, 5) is 11.9. The summed E-state index contributed by atoms with van der Waals surface area (Å²) in [6.07, 6.45) is -2.96. The van der Waals surface area contributed by atoms with Gasteiger partial charge in [-0.1, -0.05) is 29.5 Å². The largest absolute Gasteiger partial charge is 0.405 e. The van der Waals surface area contributed by atoms with Crippen LogP contribution in [0.25, 0.3) is 11.0 Å². The summed E-state index contributed by atoms with van der Waals surface area (Å²) in [5, 5.41) is 9.88. The minimum atomic E-state index is -4.49. The Morgan fingerprint density at radius 2 is 1.82 bits per heavy atom. The lowest BCUT2D eigenvalue weighted by atomic mass is 10.1. The van der Waals surface area contributed by atoms with Crippen molar-refractivity contribution in [2.75, 3.05) is 12.3 Å². The predicted molar refractivity (Wildman–Crippen MR) is 115 cm³/mol. The first-order valence-electron chi connectivity index (χ1n) is 10.3. The molecule has 1 aliphatic rings. The van der Waals surface area contributed by atoms with Gasteiger partial charge in [-0.15, -0.1) is 5.10 Å². The fourth-order valence-corrected chi connectivity index (χ4v) is 5.09. The molecule has 1 amide bonds. The number of aromatic nitrogens is 3. The number of sulfonamides is 1. The molecule has 1 aliphatic carbocycles. The molecule has 0 bridgehead atoms. The third-order valence-corrected chi connectivity index (χ3v) is 7.14. The van der Waals surface area contributed by atoms with Crippen LogP contribution in [0.2, 0.25) is 0 Å². The summed E-state index contributed by atoms with van der Waals surface area (Å²) in [7, 11) is -3.61. The van der Waals surface area contributed by atoms with E-state index in [-0.39, 0.29) is 30.4 Å². The highest BCUT2D eigenvalue weighted by Gasteiger charge is 2.37. The molecule has 0 spiro atoms. The van der Waals surface area contributed by atoms with Gasteiger partial charge in [0.2, 0.25) is 10.0 Å². The van der Waals surface area contributed by atoms with Crippen molar-refractivity contribution in [1.82, 2.24) is 24.6 Å². The Kier molecular flexibility index (Phi) is 6.39. The van der Waals surface area contributed by atoms with Crippen LogP contribution in [0, 0.1) is 0 Å². The third-order valence-electron chi connectivity index (χ3n) is 5.30. The molecule has 1 saturated carbocycles. The molecule has 0 saturated heterocycles. The van der Waals surface area contributed by atoms with Crippen LogP contribution in [-0.2, 0) is 23.1 Å². The number of amides is 1. The number of benzene rings is 2. The van der Waals surface area contributed by atoms with Crippen LogP contribution in [0.15, 0.2) is 48.5 Å². The first-order chi connectivity index (χ1) is 15.6. The quantitative estimate of drug-likeness (QED) is 0.507. The average molecular weight is 482 g/mol. The summed E-state index contributed by atoms with van der Waals surface area (Å²) >= 11 is 0. The van der Waals surface area contributed by atoms with Crippen molar-refractivity contribution in [1.29, 1.82) is 0 Å². The molecule has 2 aromatic carbocycles. The highest BCUT2D eigenvalue weighted by molar-refractivity contribution is 7.89. The average Bonchev–Trinajstić information content (AvgIpc) is 3.53. The second kappa shape index (κ2) is 9.10. The third kappa shape index (κ3) is 5.88. The lowest BCUT2D eigenvalue weighted by Gasteiger charge is -2.22.